The molecule has 0 radical (unpaired) electrons. The van der Waals surface area contributed by atoms with E-state index in [0.717, 1.165) is 54.9 Å². The average molecular weight is 1120 g/mol. The van der Waals surface area contributed by atoms with Gasteiger partial charge >= 0.3 is 0 Å². The Labute approximate surface area is 295 Å². The maximum Gasteiger partial charge on any atom is 0.197 e. The fourth-order valence-electron chi connectivity index (χ4n) is 2.61. The van der Waals surface area contributed by atoms with Crippen molar-refractivity contribution < 1.29 is 0 Å². The molecule has 3 nitrogen and oxygen atoms in total. The molecule has 36 heavy (non-hydrogen) atoms. The Morgan fingerprint density at radius 3 is 0.750 bits per heavy atom. The summed E-state index contributed by atoms with van der Waals surface area (Å²) in [6.07, 6.45) is 0. The van der Waals surface area contributed by atoms with Gasteiger partial charge in [-0.1, -0.05) is 47.8 Å². The Morgan fingerprint density at radius 1 is 0.361 bits per heavy atom. The van der Waals surface area contributed by atoms with Crippen LogP contribution in [0.1, 0.15) is 0 Å². The number of hydrogen-bond acceptors (Lipinski definition) is 6. The highest BCUT2D eigenvalue weighted by molar-refractivity contribution is 9.12. The van der Waals surface area contributed by atoms with Crippen LogP contribution in [-0.4, -0.2) is 15.0 Å². The Balaban J connectivity index is 1.79. The zero-order chi connectivity index (χ0) is 26.1. The number of hydrogen-bond donors (Lipinski definition) is 0. The Bertz CT molecular complexity index is 1230. The molecule has 0 fully saturated rings. The summed E-state index contributed by atoms with van der Waals surface area (Å²) < 4.78 is 8.44. The topological polar surface area (TPSA) is 38.7 Å². The van der Waals surface area contributed by atoms with Gasteiger partial charge in [-0.05, 0) is 167 Å². The van der Waals surface area contributed by atoms with E-state index in [2.05, 4.69) is 143 Å². The van der Waals surface area contributed by atoms with Gasteiger partial charge in [0.15, 0.2) is 15.5 Å². The van der Waals surface area contributed by atoms with E-state index in [0.29, 0.717) is 15.5 Å². The van der Waals surface area contributed by atoms with Gasteiger partial charge in [-0.2, -0.15) is 15.0 Å². The molecule has 0 saturated heterocycles. The van der Waals surface area contributed by atoms with Gasteiger partial charge in [-0.3, -0.25) is 0 Å². The number of halogens is 9. The number of rotatable bonds is 6. The SMILES string of the molecule is Brc1cc(Br)c(Sc2nc(Sc3c(Br)cc(Br)cc3Br)nc(Sc3c(Br)cc(Br)cc3Br)n2)c(Br)c1. The minimum atomic E-state index is 0.576. The first-order valence-corrected chi connectivity index (χ1v) is 18.8. The lowest BCUT2D eigenvalue weighted by Crippen LogP contribution is -1.98. The summed E-state index contributed by atoms with van der Waals surface area (Å²) in [6.45, 7) is 0. The predicted octanol–water partition coefficient (Wildman–Crippen LogP) is 13.2. The molecular formula is C21H6Br9N3S3. The molecule has 0 amide bonds. The minimum absolute atomic E-state index is 0.576. The van der Waals surface area contributed by atoms with Crippen LogP contribution in [0.3, 0.4) is 0 Å². The van der Waals surface area contributed by atoms with Gasteiger partial charge in [0, 0.05) is 54.9 Å². The van der Waals surface area contributed by atoms with Crippen LogP contribution >= 0.6 is 179 Å². The van der Waals surface area contributed by atoms with Gasteiger partial charge in [-0.25, -0.2) is 0 Å². The Morgan fingerprint density at radius 2 is 0.556 bits per heavy atom. The van der Waals surface area contributed by atoms with Crippen molar-refractivity contribution in [3.05, 3.63) is 76.7 Å². The van der Waals surface area contributed by atoms with Crippen LogP contribution in [0.2, 0.25) is 0 Å². The third-order valence-corrected chi connectivity index (χ3v) is 13.8. The molecule has 1 heterocycles. The molecule has 0 atom stereocenters. The molecule has 3 aromatic carbocycles. The van der Waals surface area contributed by atoms with E-state index in [1.807, 2.05) is 36.4 Å². The molecule has 0 bridgehead atoms. The number of aromatic nitrogens is 3. The molecule has 0 saturated carbocycles. The van der Waals surface area contributed by atoms with Crippen molar-refractivity contribution in [3.63, 3.8) is 0 Å². The van der Waals surface area contributed by atoms with E-state index in [1.165, 1.54) is 35.3 Å². The molecule has 0 aliphatic rings. The number of nitrogens with zero attached hydrogens (tertiary/aromatic N) is 3. The van der Waals surface area contributed by atoms with Gasteiger partial charge < -0.3 is 0 Å². The third kappa shape index (κ3) is 8.07. The zero-order valence-electron chi connectivity index (χ0n) is 16.9. The summed E-state index contributed by atoms with van der Waals surface area (Å²) >= 11 is 36.9. The van der Waals surface area contributed by atoms with E-state index >= 15 is 0 Å². The van der Waals surface area contributed by atoms with Crippen molar-refractivity contribution in [1.29, 1.82) is 0 Å². The maximum atomic E-state index is 4.79. The second-order valence-corrected chi connectivity index (χ2v) is 17.4. The second-order valence-electron chi connectivity index (χ2n) is 6.58. The van der Waals surface area contributed by atoms with Crippen LogP contribution in [-0.2, 0) is 0 Å². The molecule has 4 aromatic rings. The molecular weight excluding hydrogens is 1110 g/mol. The van der Waals surface area contributed by atoms with Crippen LogP contribution in [0.5, 0.6) is 0 Å². The second kappa shape index (κ2) is 13.8. The lowest BCUT2D eigenvalue weighted by Gasteiger charge is -2.12. The summed E-state index contributed by atoms with van der Waals surface area (Å²) in [7, 11) is 0. The highest BCUT2D eigenvalue weighted by atomic mass is 79.9. The van der Waals surface area contributed by atoms with Gasteiger partial charge in [0.1, 0.15) is 0 Å². The summed E-state index contributed by atoms with van der Waals surface area (Å²) in [5.41, 5.74) is 0. The van der Waals surface area contributed by atoms with Crippen molar-refractivity contribution >= 4 is 179 Å². The highest BCUT2D eigenvalue weighted by Crippen LogP contribution is 2.45. The standard InChI is InChI=1S/C21H6Br9N3S3/c22-7-1-10(25)16(11(26)2-7)34-19-31-20(35-17-12(27)3-8(23)4-13(17)28)33-21(32-19)36-18-14(29)5-9(24)6-15(18)30/h1-6H. The lowest BCUT2D eigenvalue weighted by atomic mass is 10.4. The fraction of sp³-hybridized carbons (Fsp3) is 0. The van der Waals surface area contributed by atoms with Crippen LogP contribution in [0.15, 0.2) is 107 Å². The van der Waals surface area contributed by atoms with E-state index in [1.54, 1.807) is 0 Å². The van der Waals surface area contributed by atoms with Crippen LogP contribution in [0.4, 0.5) is 0 Å². The van der Waals surface area contributed by atoms with Gasteiger partial charge in [0.25, 0.3) is 0 Å². The quantitative estimate of drug-likeness (QED) is 0.192. The fourth-order valence-corrected chi connectivity index (χ4v) is 13.3. The molecule has 0 spiro atoms. The largest absolute Gasteiger partial charge is 0.197 e. The van der Waals surface area contributed by atoms with Crippen molar-refractivity contribution in [2.24, 2.45) is 0 Å². The molecule has 0 aliphatic carbocycles. The Hall–Kier alpha value is 2.04. The highest BCUT2D eigenvalue weighted by Gasteiger charge is 2.18. The molecule has 186 valence electrons. The molecule has 0 unspecified atom stereocenters. The van der Waals surface area contributed by atoms with Crippen LogP contribution in [0.25, 0.3) is 0 Å². The predicted molar refractivity (Wildman–Crippen MR) is 181 cm³/mol. The van der Waals surface area contributed by atoms with Crippen molar-refractivity contribution in [1.82, 2.24) is 15.0 Å². The Kier molecular flexibility index (Phi) is 11.9. The van der Waals surface area contributed by atoms with Crippen LogP contribution < -0.4 is 0 Å². The molecule has 1 aromatic heterocycles. The van der Waals surface area contributed by atoms with Crippen molar-refractivity contribution in [2.75, 3.05) is 0 Å². The van der Waals surface area contributed by atoms with Gasteiger partial charge in [-0.15, -0.1) is 0 Å². The van der Waals surface area contributed by atoms with Crippen LogP contribution in [0, 0.1) is 0 Å². The van der Waals surface area contributed by atoms with Crippen molar-refractivity contribution in [2.45, 2.75) is 30.2 Å². The lowest BCUT2D eigenvalue weighted by molar-refractivity contribution is 0.717. The maximum absolute atomic E-state index is 4.79. The van der Waals surface area contributed by atoms with E-state index in [-0.39, 0.29) is 0 Å². The van der Waals surface area contributed by atoms with Gasteiger partial charge in [0.2, 0.25) is 0 Å². The molecule has 0 aliphatic heterocycles. The first-order chi connectivity index (χ1) is 17.0. The first kappa shape index (κ1) is 31.0. The number of benzene rings is 3. The zero-order valence-corrected chi connectivity index (χ0v) is 33.7. The first-order valence-electron chi connectivity index (χ1n) is 9.23. The van der Waals surface area contributed by atoms with E-state index in [4.69, 9.17) is 15.0 Å². The molecule has 4 rings (SSSR count). The van der Waals surface area contributed by atoms with Gasteiger partial charge in [0.05, 0.1) is 0 Å². The average Bonchev–Trinajstić information content (AvgIpc) is 2.76. The van der Waals surface area contributed by atoms with Crippen molar-refractivity contribution in [3.8, 4) is 0 Å². The smallest absolute Gasteiger partial charge is 0.196 e. The monoisotopic (exact) mass is 1110 g/mol. The minimum Gasteiger partial charge on any atom is -0.196 e. The summed E-state index contributed by atoms with van der Waals surface area (Å²) in [5.74, 6) is 0. The summed E-state index contributed by atoms with van der Waals surface area (Å²) in [6, 6.07) is 12.0. The normalized spacial score (nSPS) is 11.2. The molecule has 15 heteroatoms. The van der Waals surface area contributed by atoms with E-state index < -0.39 is 0 Å². The summed E-state index contributed by atoms with van der Waals surface area (Å²) in [4.78, 5) is 17.3. The molecule has 0 N–H and O–H groups in total. The third-order valence-electron chi connectivity index (χ3n) is 4.04. The van der Waals surface area contributed by atoms with E-state index in [9.17, 15) is 0 Å². The summed E-state index contributed by atoms with van der Waals surface area (Å²) in [5, 5.41) is 1.73.